The van der Waals surface area contributed by atoms with Gasteiger partial charge in [0.05, 0.1) is 6.33 Å². The molecule has 1 fully saturated rings. The van der Waals surface area contributed by atoms with Gasteiger partial charge in [-0.1, -0.05) is 30.3 Å². The van der Waals surface area contributed by atoms with Gasteiger partial charge < -0.3 is 10.6 Å². The first-order valence-electron chi connectivity index (χ1n) is 6.16. The summed E-state index contributed by atoms with van der Waals surface area (Å²) in [5.74, 6) is 0.724. The number of hydrogen-bond donors (Lipinski definition) is 2. The molecule has 96 valence electrons. The van der Waals surface area contributed by atoms with Gasteiger partial charge in [0.15, 0.2) is 0 Å². The zero-order valence-electron chi connectivity index (χ0n) is 10.3. The summed E-state index contributed by atoms with van der Waals surface area (Å²) in [6.45, 7) is 1.63. The van der Waals surface area contributed by atoms with Crippen molar-refractivity contribution in [3.05, 3.63) is 60.4 Å². The molecule has 1 aromatic heterocycles. The van der Waals surface area contributed by atoms with E-state index in [9.17, 15) is 4.79 Å². The minimum atomic E-state index is -0.0319. The average Bonchev–Trinajstić information content (AvgIpc) is 3.13. The summed E-state index contributed by atoms with van der Waals surface area (Å²) in [5, 5.41) is 6.39. The fraction of sp³-hybridized carbons (Fsp3) is 0.143. The normalized spacial score (nSPS) is 13.8. The number of nitrogens with zero attached hydrogens (tertiary/aromatic N) is 2. The molecule has 1 saturated heterocycles. The molecule has 0 bridgehead atoms. The second-order valence-electron chi connectivity index (χ2n) is 4.24. The summed E-state index contributed by atoms with van der Waals surface area (Å²) in [6.07, 6.45) is 5.06. The number of allylic oxidation sites excluding steroid dienone is 1. The predicted octanol–water partition coefficient (Wildman–Crippen LogP) is 1.08. The molecule has 2 aromatic rings. The summed E-state index contributed by atoms with van der Waals surface area (Å²) >= 11 is 0. The van der Waals surface area contributed by atoms with Crippen LogP contribution in [0.3, 0.4) is 0 Å². The minimum absolute atomic E-state index is 0.0319. The number of carbonyl (C=O) groups excluding carboxylic acids is 1. The SMILES string of the molecule is O=C(C(=C1NCCN1)n1ccnc1)c1ccccc1. The van der Waals surface area contributed by atoms with Crippen molar-refractivity contribution in [3.8, 4) is 0 Å². The molecule has 0 atom stereocenters. The molecular weight excluding hydrogens is 240 g/mol. The predicted molar refractivity (Wildman–Crippen MR) is 72.2 cm³/mol. The van der Waals surface area contributed by atoms with E-state index in [1.807, 2.05) is 30.3 Å². The second kappa shape index (κ2) is 4.97. The van der Waals surface area contributed by atoms with E-state index in [0.29, 0.717) is 11.3 Å². The van der Waals surface area contributed by atoms with Crippen LogP contribution in [0, 0.1) is 0 Å². The maximum atomic E-state index is 12.6. The van der Waals surface area contributed by atoms with Gasteiger partial charge in [0.1, 0.15) is 11.5 Å². The smallest absolute Gasteiger partial charge is 0.213 e. The molecule has 2 heterocycles. The van der Waals surface area contributed by atoms with E-state index in [-0.39, 0.29) is 5.78 Å². The largest absolute Gasteiger partial charge is 0.368 e. The molecule has 0 aliphatic carbocycles. The Balaban J connectivity index is 2.06. The highest BCUT2D eigenvalue weighted by molar-refractivity contribution is 6.25. The first-order valence-corrected chi connectivity index (χ1v) is 6.16. The molecule has 1 aromatic carbocycles. The molecule has 0 radical (unpaired) electrons. The van der Waals surface area contributed by atoms with Crippen LogP contribution < -0.4 is 10.6 Å². The highest BCUT2D eigenvalue weighted by Crippen LogP contribution is 2.16. The topological polar surface area (TPSA) is 59.0 Å². The van der Waals surface area contributed by atoms with Crippen LogP contribution in [0.5, 0.6) is 0 Å². The Labute approximate surface area is 111 Å². The lowest BCUT2D eigenvalue weighted by atomic mass is 10.1. The molecule has 5 nitrogen and oxygen atoms in total. The Morgan fingerprint density at radius 3 is 2.53 bits per heavy atom. The second-order valence-corrected chi connectivity index (χ2v) is 4.24. The third-order valence-electron chi connectivity index (χ3n) is 2.98. The van der Waals surface area contributed by atoms with Gasteiger partial charge in [0.25, 0.3) is 0 Å². The van der Waals surface area contributed by atoms with Crippen molar-refractivity contribution in [2.24, 2.45) is 0 Å². The van der Waals surface area contributed by atoms with Gasteiger partial charge in [-0.2, -0.15) is 0 Å². The van der Waals surface area contributed by atoms with Crippen molar-refractivity contribution in [2.75, 3.05) is 13.1 Å². The maximum absolute atomic E-state index is 12.6. The molecule has 3 rings (SSSR count). The molecule has 0 amide bonds. The van der Waals surface area contributed by atoms with Gasteiger partial charge >= 0.3 is 0 Å². The van der Waals surface area contributed by atoms with E-state index in [1.165, 1.54) is 0 Å². The summed E-state index contributed by atoms with van der Waals surface area (Å²) < 4.78 is 1.73. The van der Waals surface area contributed by atoms with Crippen LogP contribution in [-0.4, -0.2) is 28.4 Å². The van der Waals surface area contributed by atoms with E-state index in [1.54, 1.807) is 23.3 Å². The van der Waals surface area contributed by atoms with Crippen molar-refractivity contribution in [1.29, 1.82) is 0 Å². The van der Waals surface area contributed by atoms with E-state index in [4.69, 9.17) is 0 Å². The number of nitrogens with one attached hydrogen (secondary N) is 2. The van der Waals surface area contributed by atoms with Crippen molar-refractivity contribution < 1.29 is 4.79 Å². The summed E-state index contributed by atoms with van der Waals surface area (Å²) in [7, 11) is 0. The summed E-state index contributed by atoms with van der Waals surface area (Å²) in [5.41, 5.74) is 1.23. The lowest BCUT2D eigenvalue weighted by Crippen LogP contribution is -2.21. The molecule has 2 N–H and O–H groups in total. The number of carbonyl (C=O) groups is 1. The number of hydrogen-bond acceptors (Lipinski definition) is 4. The van der Waals surface area contributed by atoms with Gasteiger partial charge in [0, 0.05) is 31.0 Å². The van der Waals surface area contributed by atoms with E-state index >= 15 is 0 Å². The highest BCUT2D eigenvalue weighted by Gasteiger charge is 2.21. The average molecular weight is 254 g/mol. The quantitative estimate of drug-likeness (QED) is 0.636. The van der Waals surface area contributed by atoms with Crippen LogP contribution >= 0.6 is 0 Å². The lowest BCUT2D eigenvalue weighted by molar-refractivity contribution is 0.105. The van der Waals surface area contributed by atoms with E-state index < -0.39 is 0 Å². The van der Waals surface area contributed by atoms with Gasteiger partial charge in [-0.05, 0) is 0 Å². The van der Waals surface area contributed by atoms with Crippen LogP contribution in [0.1, 0.15) is 10.4 Å². The number of imidazole rings is 1. The Kier molecular flexibility index (Phi) is 3.02. The highest BCUT2D eigenvalue weighted by atomic mass is 16.1. The monoisotopic (exact) mass is 254 g/mol. The Bertz CT molecular complexity index is 594. The first kappa shape index (κ1) is 11.5. The summed E-state index contributed by atoms with van der Waals surface area (Å²) in [4.78, 5) is 16.7. The van der Waals surface area contributed by atoms with Crippen molar-refractivity contribution in [2.45, 2.75) is 0 Å². The van der Waals surface area contributed by atoms with Crippen molar-refractivity contribution in [3.63, 3.8) is 0 Å². The van der Waals surface area contributed by atoms with Gasteiger partial charge in [-0.3, -0.25) is 9.36 Å². The Hall–Kier alpha value is -2.56. The number of ketones is 1. The lowest BCUT2D eigenvalue weighted by Gasteiger charge is -2.11. The minimum Gasteiger partial charge on any atom is -0.368 e. The fourth-order valence-electron chi connectivity index (χ4n) is 2.08. The van der Waals surface area contributed by atoms with Gasteiger partial charge in [-0.25, -0.2) is 4.98 Å². The molecule has 1 aliphatic rings. The number of aromatic nitrogens is 2. The van der Waals surface area contributed by atoms with Crippen LogP contribution in [0.15, 0.2) is 54.9 Å². The fourth-order valence-corrected chi connectivity index (χ4v) is 2.08. The van der Waals surface area contributed by atoms with E-state index in [2.05, 4.69) is 15.6 Å². The number of Topliss-reactive ketones (excluding diaryl/α,β-unsaturated/α-hetero) is 1. The standard InChI is InChI=1S/C14H14N4O/c19-13(11-4-2-1-3-5-11)12(14-16-6-7-17-14)18-9-8-15-10-18/h1-5,8-10,16-17H,6-7H2. The summed E-state index contributed by atoms with van der Waals surface area (Å²) in [6, 6.07) is 9.24. The first-order chi connectivity index (χ1) is 9.36. The Morgan fingerprint density at radius 2 is 1.89 bits per heavy atom. The van der Waals surface area contributed by atoms with Gasteiger partial charge in [0.2, 0.25) is 5.78 Å². The molecule has 0 unspecified atom stereocenters. The molecule has 19 heavy (non-hydrogen) atoms. The maximum Gasteiger partial charge on any atom is 0.213 e. The molecule has 1 aliphatic heterocycles. The zero-order valence-corrected chi connectivity index (χ0v) is 10.3. The van der Waals surface area contributed by atoms with Crippen molar-refractivity contribution >= 4 is 11.5 Å². The Morgan fingerprint density at radius 1 is 1.16 bits per heavy atom. The van der Waals surface area contributed by atoms with Crippen molar-refractivity contribution in [1.82, 2.24) is 20.2 Å². The van der Waals surface area contributed by atoms with Crippen LogP contribution in [0.25, 0.3) is 5.70 Å². The molecule has 0 spiro atoms. The molecular formula is C14H14N4O. The van der Waals surface area contributed by atoms with Gasteiger partial charge in [-0.15, -0.1) is 0 Å². The molecule has 5 heteroatoms. The van der Waals surface area contributed by atoms with Crippen LogP contribution in [0.2, 0.25) is 0 Å². The van der Waals surface area contributed by atoms with Crippen LogP contribution in [-0.2, 0) is 0 Å². The zero-order chi connectivity index (χ0) is 13.1. The van der Waals surface area contributed by atoms with Crippen LogP contribution in [0.4, 0.5) is 0 Å². The van der Waals surface area contributed by atoms with E-state index in [0.717, 1.165) is 18.9 Å². The molecule has 0 saturated carbocycles. The number of rotatable bonds is 3. The number of benzene rings is 1. The third-order valence-corrected chi connectivity index (χ3v) is 2.98. The third kappa shape index (κ3) is 2.22.